The van der Waals surface area contributed by atoms with E-state index in [0.717, 1.165) is 40.2 Å². The van der Waals surface area contributed by atoms with Gasteiger partial charge in [-0.2, -0.15) is 4.31 Å². The molecule has 1 aromatic carbocycles. The first-order chi connectivity index (χ1) is 28.4. The van der Waals surface area contributed by atoms with Gasteiger partial charge in [0, 0.05) is 50.5 Å². The zero-order valence-corrected chi connectivity index (χ0v) is 36.5. The molecule has 0 radical (unpaired) electrons. The number of hydrogen-bond donors (Lipinski definition) is 9. The number of aromatic nitrogens is 4. The molecule has 0 spiro atoms. The Kier molecular flexibility index (Phi) is 17.3. The van der Waals surface area contributed by atoms with Crippen molar-refractivity contribution < 1.29 is 80.5 Å². The van der Waals surface area contributed by atoms with Gasteiger partial charge in [0.15, 0.2) is 17.7 Å². The number of anilines is 2. The molecule has 2 aromatic heterocycles. The van der Waals surface area contributed by atoms with E-state index in [1.54, 1.807) is 6.08 Å². The number of hydrogen-bond acceptors (Lipinski definition) is 19. The Morgan fingerprint density at radius 1 is 1.03 bits per heavy atom. The smallest absolute Gasteiger partial charge is 0.386 e. The van der Waals surface area contributed by atoms with Crippen LogP contribution in [0.25, 0.3) is 17.2 Å². The molecule has 0 bridgehead atoms. The molecule has 3 heterocycles. The maximum Gasteiger partial charge on any atom is 0.481 e. The molecule has 7 unspecified atom stereocenters. The summed E-state index contributed by atoms with van der Waals surface area (Å²) in [5.41, 5.74) is 6.12. The van der Waals surface area contributed by atoms with Gasteiger partial charge in [-0.15, -0.1) is 0 Å². The van der Waals surface area contributed by atoms with Crippen molar-refractivity contribution in [2.75, 3.05) is 56.8 Å². The number of fused-ring (bicyclic) bond motifs is 1. The molecule has 7 atom stereocenters. The van der Waals surface area contributed by atoms with Crippen molar-refractivity contribution in [2.24, 2.45) is 5.41 Å². The first-order valence-corrected chi connectivity index (χ1v) is 23.4. The highest BCUT2D eigenvalue weighted by Gasteiger charge is 2.50. The average Bonchev–Trinajstić information content (AvgIpc) is 3.73. The van der Waals surface area contributed by atoms with Gasteiger partial charge < -0.3 is 55.8 Å². The second-order valence-corrected chi connectivity index (χ2v) is 19.4. The second kappa shape index (κ2) is 21.1. The third-order valence-electron chi connectivity index (χ3n) is 8.57. The minimum Gasteiger partial charge on any atom is -0.386 e. The minimum absolute atomic E-state index is 0.0278. The fourth-order valence-electron chi connectivity index (χ4n) is 5.38. The number of ether oxygens (including phenoxy) is 1. The van der Waals surface area contributed by atoms with Crippen LogP contribution >= 0.6 is 35.2 Å². The summed E-state index contributed by atoms with van der Waals surface area (Å²) in [6.07, 6.45) is -3.86. The van der Waals surface area contributed by atoms with E-state index in [-0.39, 0.29) is 47.4 Å². The molecular formula is C32H47N8O17P3S. The van der Waals surface area contributed by atoms with E-state index in [1.165, 1.54) is 19.9 Å². The van der Waals surface area contributed by atoms with Gasteiger partial charge >= 0.3 is 23.5 Å². The SMILES string of the molecule is CN(C)c1ccc(C=CC(=O)SCCNC(=O)CCNC(=O)C(O)C(C)(C)COP(=O)(O)OP(=O)(O)OCC2OC(n3cnc4c(N)ncnc43)C(O)C2OP(=O)(O)O)cc1. The molecule has 61 heavy (non-hydrogen) atoms. The van der Waals surface area contributed by atoms with E-state index in [2.05, 4.69) is 34.4 Å². The molecule has 338 valence electrons. The summed E-state index contributed by atoms with van der Waals surface area (Å²) in [7, 11) is -12.6. The number of phosphoric ester groups is 3. The molecule has 2 amide bonds. The average molecular weight is 941 g/mol. The summed E-state index contributed by atoms with van der Waals surface area (Å²) < 4.78 is 62.2. The Morgan fingerprint density at radius 2 is 1.70 bits per heavy atom. The molecular weight excluding hydrogens is 893 g/mol. The summed E-state index contributed by atoms with van der Waals surface area (Å²) in [6, 6.07) is 7.60. The van der Waals surface area contributed by atoms with E-state index < -0.39 is 84.6 Å². The predicted octanol–water partition coefficient (Wildman–Crippen LogP) is 0.444. The summed E-state index contributed by atoms with van der Waals surface area (Å²) >= 11 is 1.00. The molecule has 1 aliphatic heterocycles. The van der Waals surface area contributed by atoms with Crippen LogP contribution in [0, 0.1) is 5.41 Å². The van der Waals surface area contributed by atoms with Crippen LogP contribution in [-0.2, 0) is 50.7 Å². The van der Waals surface area contributed by atoms with E-state index in [9.17, 15) is 57.9 Å². The van der Waals surface area contributed by atoms with Gasteiger partial charge in [-0.3, -0.25) is 32.5 Å². The fraction of sp³-hybridized carbons (Fsp3) is 0.500. The topological polar surface area (TPSA) is 367 Å². The van der Waals surface area contributed by atoms with Crippen molar-refractivity contribution in [2.45, 2.75) is 50.9 Å². The van der Waals surface area contributed by atoms with Gasteiger partial charge in [0.25, 0.3) is 0 Å². The summed E-state index contributed by atoms with van der Waals surface area (Å²) in [5, 5.41) is 26.2. The third-order valence-corrected chi connectivity index (χ3v) is 12.5. The second-order valence-electron chi connectivity index (χ2n) is 14.1. The quantitative estimate of drug-likeness (QED) is 0.0375. The number of carbonyl (C=O) groups excluding carboxylic acids is 3. The number of imidazole rings is 1. The van der Waals surface area contributed by atoms with Crippen molar-refractivity contribution in [1.29, 1.82) is 0 Å². The number of rotatable bonds is 22. The number of phosphoric acid groups is 3. The largest absolute Gasteiger partial charge is 0.481 e. The maximum atomic E-state index is 12.7. The van der Waals surface area contributed by atoms with Crippen LogP contribution in [0.3, 0.4) is 0 Å². The van der Waals surface area contributed by atoms with Crippen molar-refractivity contribution in [3.8, 4) is 0 Å². The van der Waals surface area contributed by atoms with E-state index in [1.807, 2.05) is 43.3 Å². The summed E-state index contributed by atoms with van der Waals surface area (Å²) in [4.78, 5) is 90.0. The number of nitrogens with zero attached hydrogens (tertiary/aromatic N) is 5. The monoisotopic (exact) mass is 940 g/mol. The fourth-order valence-corrected chi connectivity index (χ4v) is 8.78. The third kappa shape index (κ3) is 15.0. The van der Waals surface area contributed by atoms with E-state index >= 15 is 0 Å². The lowest BCUT2D eigenvalue weighted by Gasteiger charge is -2.30. The molecule has 0 aliphatic carbocycles. The van der Waals surface area contributed by atoms with Crippen LogP contribution in [0.2, 0.25) is 0 Å². The summed E-state index contributed by atoms with van der Waals surface area (Å²) in [5.74, 6) is -1.20. The lowest BCUT2D eigenvalue weighted by molar-refractivity contribution is -0.137. The molecule has 1 aliphatic rings. The highest BCUT2D eigenvalue weighted by molar-refractivity contribution is 8.14. The molecule has 3 aromatic rings. The van der Waals surface area contributed by atoms with Gasteiger partial charge in [0.05, 0.1) is 19.5 Å². The number of aliphatic hydroxyl groups is 2. The predicted molar refractivity (Wildman–Crippen MR) is 217 cm³/mol. The van der Waals surface area contributed by atoms with Crippen LogP contribution < -0.4 is 21.3 Å². The zero-order valence-electron chi connectivity index (χ0n) is 33.0. The molecule has 29 heteroatoms. The van der Waals surface area contributed by atoms with Gasteiger partial charge in [0.2, 0.25) is 16.9 Å². The van der Waals surface area contributed by atoms with Crippen LogP contribution in [-0.4, -0.2) is 137 Å². The molecule has 10 N–H and O–H groups in total. The molecule has 1 fully saturated rings. The van der Waals surface area contributed by atoms with Gasteiger partial charge in [-0.1, -0.05) is 43.8 Å². The molecule has 1 saturated heterocycles. The lowest BCUT2D eigenvalue weighted by atomic mass is 9.87. The first-order valence-electron chi connectivity index (χ1n) is 17.9. The standard InChI is InChI=1S/C32H47N8O17P3S/c1-32(2,27(44)30(45)35-12-11-22(41)34-13-14-61-23(42)10-7-19-5-8-20(9-6-19)39(3)4)16-54-60(51,52)57-59(49,50)53-15-21-26(56-58(46,47)48)25(43)31(55-21)40-18-38-24-28(33)36-17-37-29(24)40/h5-10,17-18,21,25-27,31,43-44H,11-16H2,1-4H3,(H,34,41)(H,35,45)(H,49,50)(H,51,52)(H2,33,36,37)(H2,46,47,48). The Labute approximate surface area is 352 Å². The summed E-state index contributed by atoms with van der Waals surface area (Å²) in [6.45, 7) is 0.417. The van der Waals surface area contributed by atoms with Crippen LogP contribution in [0.5, 0.6) is 0 Å². The Balaban J connectivity index is 1.19. The normalized spacial score (nSPS) is 20.9. The first kappa shape index (κ1) is 50.0. The number of nitrogen functional groups attached to an aromatic ring is 1. The Bertz CT molecular complexity index is 2190. The van der Waals surface area contributed by atoms with Crippen molar-refractivity contribution in [1.82, 2.24) is 30.2 Å². The van der Waals surface area contributed by atoms with Gasteiger partial charge in [-0.05, 0) is 23.8 Å². The van der Waals surface area contributed by atoms with E-state index in [0.29, 0.717) is 0 Å². The lowest BCUT2D eigenvalue weighted by Crippen LogP contribution is -2.46. The number of carbonyl (C=O) groups is 3. The number of aliphatic hydroxyl groups excluding tert-OH is 2. The highest BCUT2D eigenvalue weighted by atomic mass is 32.2. The van der Waals surface area contributed by atoms with Gasteiger partial charge in [-0.25, -0.2) is 28.6 Å². The van der Waals surface area contributed by atoms with Gasteiger partial charge in [0.1, 0.15) is 36.3 Å². The number of benzene rings is 1. The Morgan fingerprint density at radius 3 is 2.36 bits per heavy atom. The Hall–Kier alpha value is -3.68. The van der Waals surface area contributed by atoms with Crippen molar-refractivity contribution >= 4 is 80.9 Å². The zero-order chi connectivity index (χ0) is 45.3. The molecule has 4 rings (SSSR count). The number of nitrogens with two attached hydrogens (primary N) is 1. The van der Waals surface area contributed by atoms with Crippen LogP contribution in [0.15, 0.2) is 43.0 Å². The van der Waals surface area contributed by atoms with E-state index in [4.69, 9.17) is 19.5 Å². The number of thioether (sulfide) groups is 1. The molecule has 25 nitrogen and oxygen atoms in total. The highest BCUT2D eigenvalue weighted by Crippen LogP contribution is 2.61. The molecule has 0 saturated carbocycles. The number of amides is 2. The van der Waals surface area contributed by atoms with Crippen LogP contribution in [0.1, 0.15) is 32.1 Å². The number of nitrogens with one attached hydrogen (secondary N) is 2. The van der Waals surface area contributed by atoms with Crippen molar-refractivity contribution in [3.63, 3.8) is 0 Å². The maximum absolute atomic E-state index is 12.7. The minimum atomic E-state index is -5.58. The van der Waals surface area contributed by atoms with Crippen molar-refractivity contribution in [3.05, 3.63) is 48.6 Å². The van der Waals surface area contributed by atoms with Crippen LogP contribution in [0.4, 0.5) is 11.5 Å².